The average Bonchev–Trinajstić information content (AvgIpc) is 2.43. The van der Waals surface area contributed by atoms with E-state index in [0.29, 0.717) is 25.1 Å². The summed E-state index contributed by atoms with van der Waals surface area (Å²) in [6, 6.07) is 7.54. The van der Waals surface area contributed by atoms with Crippen molar-refractivity contribution in [3.63, 3.8) is 0 Å². The van der Waals surface area contributed by atoms with Crippen molar-refractivity contribution in [2.75, 3.05) is 13.1 Å². The van der Waals surface area contributed by atoms with Crippen molar-refractivity contribution in [1.82, 2.24) is 10.6 Å². The number of benzene rings is 1. The summed E-state index contributed by atoms with van der Waals surface area (Å²) < 4.78 is 0. The van der Waals surface area contributed by atoms with Gasteiger partial charge in [0.05, 0.1) is 0 Å². The van der Waals surface area contributed by atoms with Crippen LogP contribution in [0.4, 0.5) is 0 Å². The molecule has 4 heteroatoms. The lowest BCUT2D eigenvalue weighted by Crippen LogP contribution is -2.34. The van der Waals surface area contributed by atoms with Crippen LogP contribution in [0.3, 0.4) is 0 Å². The number of amides is 2. The van der Waals surface area contributed by atoms with Crippen molar-refractivity contribution in [2.24, 2.45) is 0 Å². The monoisotopic (exact) mass is 252 g/mol. The van der Waals surface area contributed by atoms with Crippen molar-refractivity contribution in [3.8, 4) is 0 Å². The van der Waals surface area contributed by atoms with E-state index in [9.17, 15) is 9.59 Å². The molecular formula is C14H24N2O2. The molecule has 0 unspecified atom stereocenters. The van der Waals surface area contributed by atoms with Gasteiger partial charge >= 0.3 is 0 Å². The maximum absolute atomic E-state index is 11.7. The zero-order valence-electron chi connectivity index (χ0n) is 11.0. The molecule has 2 N–H and O–H groups in total. The molecule has 4 nitrogen and oxygen atoms in total. The Labute approximate surface area is 111 Å². The number of hydrogen-bond acceptors (Lipinski definition) is 2. The standard InChI is InChI=1S/C14H20N2O2.2H2/c1-3-11-5-7-12(8-6-11)14(18)16-10-9-15-13(17)4-2;;/h5-8H,3-4,9-10H2,1-2H3,(H,15,17)(H,16,18);2*1H. The smallest absolute Gasteiger partial charge is 0.251 e. The molecule has 102 valence electrons. The van der Waals surface area contributed by atoms with Crippen molar-refractivity contribution in [3.05, 3.63) is 35.4 Å². The topological polar surface area (TPSA) is 58.2 Å². The summed E-state index contributed by atoms with van der Waals surface area (Å²) in [7, 11) is 0. The largest absolute Gasteiger partial charge is 0.354 e. The lowest BCUT2D eigenvalue weighted by atomic mass is 10.1. The third-order valence-corrected chi connectivity index (χ3v) is 2.68. The SMILES string of the molecule is CCC(=O)NCCNC(=O)c1ccc(CC)cc1.[HH].[HH]. The molecule has 0 aromatic heterocycles. The molecule has 2 amide bonds. The summed E-state index contributed by atoms with van der Waals surface area (Å²) >= 11 is 0. The number of rotatable bonds is 6. The van der Waals surface area contributed by atoms with Gasteiger partial charge in [-0.05, 0) is 24.1 Å². The van der Waals surface area contributed by atoms with Gasteiger partial charge in [0.1, 0.15) is 0 Å². The Balaban J connectivity index is 0. The molecule has 1 aromatic rings. The van der Waals surface area contributed by atoms with Crippen LogP contribution in [-0.2, 0) is 11.2 Å². The van der Waals surface area contributed by atoms with E-state index in [4.69, 9.17) is 0 Å². The fourth-order valence-electron chi connectivity index (χ4n) is 1.50. The quantitative estimate of drug-likeness (QED) is 0.761. The molecule has 0 atom stereocenters. The Morgan fingerprint density at radius 2 is 1.67 bits per heavy atom. The van der Waals surface area contributed by atoms with Gasteiger partial charge in [0.2, 0.25) is 5.91 Å². The molecule has 1 rings (SSSR count). The molecule has 18 heavy (non-hydrogen) atoms. The lowest BCUT2D eigenvalue weighted by Gasteiger charge is -2.06. The van der Waals surface area contributed by atoms with Gasteiger partial charge in [-0.25, -0.2) is 0 Å². The third kappa shape index (κ3) is 4.57. The zero-order valence-corrected chi connectivity index (χ0v) is 11.0. The first-order valence-corrected chi connectivity index (χ1v) is 6.31. The van der Waals surface area contributed by atoms with Crippen LogP contribution < -0.4 is 10.6 Å². The molecule has 0 spiro atoms. The van der Waals surface area contributed by atoms with Crippen LogP contribution in [0.1, 0.15) is 39.0 Å². The lowest BCUT2D eigenvalue weighted by molar-refractivity contribution is -0.120. The number of carbonyl (C=O) groups excluding carboxylic acids is 2. The maximum atomic E-state index is 11.7. The first-order chi connectivity index (χ1) is 8.67. The van der Waals surface area contributed by atoms with Gasteiger partial charge in [-0.2, -0.15) is 0 Å². The number of nitrogens with one attached hydrogen (secondary N) is 2. The van der Waals surface area contributed by atoms with Gasteiger partial charge in [0.15, 0.2) is 0 Å². The Hall–Kier alpha value is -1.84. The number of carbonyl (C=O) groups is 2. The van der Waals surface area contributed by atoms with E-state index in [-0.39, 0.29) is 14.7 Å². The number of aryl methyl sites for hydroxylation is 1. The zero-order chi connectivity index (χ0) is 13.4. The first kappa shape index (κ1) is 14.2. The molecular weight excluding hydrogens is 228 g/mol. The van der Waals surface area contributed by atoms with Crippen molar-refractivity contribution < 1.29 is 12.4 Å². The Morgan fingerprint density at radius 1 is 1.06 bits per heavy atom. The van der Waals surface area contributed by atoms with Gasteiger partial charge in [-0.3, -0.25) is 9.59 Å². The normalized spacial score (nSPS) is 9.89. The molecule has 0 aliphatic rings. The highest BCUT2D eigenvalue weighted by Crippen LogP contribution is 2.04. The highest BCUT2D eigenvalue weighted by Gasteiger charge is 2.04. The van der Waals surface area contributed by atoms with Gasteiger partial charge in [0.25, 0.3) is 5.91 Å². The molecule has 0 saturated carbocycles. The van der Waals surface area contributed by atoms with E-state index in [1.807, 2.05) is 24.3 Å². The van der Waals surface area contributed by atoms with Crippen LogP contribution in [0.25, 0.3) is 0 Å². The molecule has 1 aromatic carbocycles. The maximum Gasteiger partial charge on any atom is 0.251 e. The van der Waals surface area contributed by atoms with E-state index in [1.54, 1.807) is 6.92 Å². The van der Waals surface area contributed by atoms with E-state index in [0.717, 1.165) is 6.42 Å². The van der Waals surface area contributed by atoms with Gasteiger partial charge in [-0.1, -0.05) is 26.0 Å². The van der Waals surface area contributed by atoms with E-state index >= 15 is 0 Å². The van der Waals surface area contributed by atoms with E-state index in [1.165, 1.54) is 5.56 Å². The summed E-state index contributed by atoms with van der Waals surface area (Å²) in [5.74, 6) is -0.111. The van der Waals surface area contributed by atoms with Crippen molar-refractivity contribution in [1.29, 1.82) is 0 Å². The van der Waals surface area contributed by atoms with Crippen molar-refractivity contribution in [2.45, 2.75) is 26.7 Å². The molecule has 0 heterocycles. The molecule has 0 radical (unpaired) electrons. The fourth-order valence-corrected chi connectivity index (χ4v) is 1.50. The second-order valence-corrected chi connectivity index (χ2v) is 4.01. The summed E-state index contributed by atoms with van der Waals surface area (Å²) in [6.07, 6.45) is 1.43. The second kappa shape index (κ2) is 7.48. The molecule has 0 bridgehead atoms. The van der Waals surface area contributed by atoms with E-state index < -0.39 is 0 Å². The van der Waals surface area contributed by atoms with E-state index in [2.05, 4.69) is 17.6 Å². The van der Waals surface area contributed by atoms with Gasteiger partial charge in [0, 0.05) is 27.9 Å². The minimum atomic E-state index is -0.108. The summed E-state index contributed by atoms with van der Waals surface area (Å²) in [4.78, 5) is 22.7. The van der Waals surface area contributed by atoms with Crippen LogP contribution in [0.5, 0.6) is 0 Å². The van der Waals surface area contributed by atoms with Crippen molar-refractivity contribution >= 4 is 11.8 Å². The Kier molecular flexibility index (Phi) is 5.91. The van der Waals surface area contributed by atoms with Crippen LogP contribution in [-0.4, -0.2) is 24.9 Å². The Bertz CT molecular complexity index is 408. The van der Waals surface area contributed by atoms with Crippen LogP contribution >= 0.6 is 0 Å². The molecule has 0 aliphatic carbocycles. The Morgan fingerprint density at radius 3 is 2.22 bits per heavy atom. The molecule has 0 saturated heterocycles. The summed E-state index contributed by atoms with van der Waals surface area (Å²) in [5.41, 5.74) is 1.86. The third-order valence-electron chi connectivity index (χ3n) is 2.68. The van der Waals surface area contributed by atoms with Gasteiger partial charge < -0.3 is 10.6 Å². The minimum absolute atomic E-state index is 0. The number of hydrogen-bond donors (Lipinski definition) is 2. The molecule has 0 aliphatic heterocycles. The summed E-state index contributed by atoms with van der Waals surface area (Å²) in [6.45, 7) is 4.78. The highest BCUT2D eigenvalue weighted by atomic mass is 16.2. The van der Waals surface area contributed by atoms with Crippen LogP contribution in [0, 0.1) is 0 Å². The minimum Gasteiger partial charge on any atom is -0.354 e. The van der Waals surface area contributed by atoms with Crippen LogP contribution in [0.2, 0.25) is 0 Å². The van der Waals surface area contributed by atoms with Crippen LogP contribution in [0.15, 0.2) is 24.3 Å². The average molecular weight is 252 g/mol. The molecule has 0 fully saturated rings. The summed E-state index contributed by atoms with van der Waals surface area (Å²) in [5, 5.41) is 5.47. The predicted molar refractivity (Wildman–Crippen MR) is 75.7 cm³/mol. The predicted octanol–water partition coefficient (Wildman–Crippen LogP) is 2.00. The second-order valence-electron chi connectivity index (χ2n) is 4.01. The highest BCUT2D eigenvalue weighted by molar-refractivity contribution is 5.94. The first-order valence-electron chi connectivity index (χ1n) is 6.31. The van der Waals surface area contributed by atoms with Gasteiger partial charge in [-0.15, -0.1) is 0 Å². The fraction of sp³-hybridized carbons (Fsp3) is 0.429.